The van der Waals surface area contributed by atoms with E-state index in [0.717, 1.165) is 15.9 Å². The number of amides is 1. The van der Waals surface area contributed by atoms with Crippen LogP contribution in [0.1, 0.15) is 33.3 Å². The minimum absolute atomic E-state index is 0.0514. The molecule has 2 rings (SSSR count). The number of nitrogens with one attached hydrogen (secondary N) is 1. The molecule has 0 aliphatic rings. The zero-order valence-electron chi connectivity index (χ0n) is 15.2. The second kappa shape index (κ2) is 7.91. The van der Waals surface area contributed by atoms with Gasteiger partial charge in [-0.1, -0.05) is 26.8 Å². The third kappa shape index (κ3) is 5.23. The highest BCUT2D eigenvalue weighted by molar-refractivity contribution is 9.10. The van der Waals surface area contributed by atoms with Crippen molar-refractivity contribution < 1.29 is 14.3 Å². The fraction of sp³-hybridized carbons (Fsp3) is 0.350. The van der Waals surface area contributed by atoms with E-state index in [0.29, 0.717) is 5.75 Å². The molecule has 1 unspecified atom stereocenters. The molecule has 0 saturated carbocycles. The summed E-state index contributed by atoms with van der Waals surface area (Å²) >= 11 is 3.53. The van der Waals surface area contributed by atoms with Crippen LogP contribution in [0, 0.1) is 0 Å². The minimum Gasteiger partial charge on any atom is -0.497 e. The predicted octanol–water partition coefficient (Wildman–Crippen LogP) is 5.16. The largest absolute Gasteiger partial charge is 0.497 e. The zero-order chi connectivity index (χ0) is 18.6. The Hall–Kier alpha value is -2.01. The second-order valence-corrected chi connectivity index (χ2v) is 7.72. The van der Waals surface area contributed by atoms with Gasteiger partial charge >= 0.3 is 0 Å². The van der Waals surface area contributed by atoms with Gasteiger partial charge in [0.1, 0.15) is 11.5 Å². The smallest absolute Gasteiger partial charge is 0.265 e. The Balaban J connectivity index is 2.03. The van der Waals surface area contributed by atoms with Gasteiger partial charge in [0.05, 0.1) is 12.8 Å². The molecule has 5 heteroatoms. The van der Waals surface area contributed by atoms with Crippen LogP contribution in [0.25, 0.3) is 0 Å². The molecular weight excluding hydrogens is 382 g/mol. The summed E-state index contributed by atoms with van der Waals surface area (Å²) in [7, 11) is 1.61. The Morgan fingerprint density at radius 1 is 1.08 bits per heavy atom. The van der Waals surface area contributed by atoms with Crippen molar-refractivity contribution in [3.63, 3.8) is 0 Å². The molecular formula is C20H24BrNO3. The first-order valence-corrected chi connectivity index (χ1v) is 8.91. The van der Waals surface area contributed by atoms with Gasteiger partial charge < -0.3 is 14.8 Å². The van der Waals surface area contributed by atoms with Gasteiger partial charge in [-0.05, 0) is 70.2 Å². The van der Waals surface area contributed by atoms with E-state index in [4.69, 9.17) is 9.47 Å². The Kier molecular flexibility index (Phi) is 6.11. The average molecular weight is 406 g/mol. The van der Waals surface area contributed by atoms with Crippen molar-refractivity contribution in [3.05, 3.63) is 52.5 Å². The molecule has 2 aromatic rings. The van der Waals surface area contributed by atoms with Crippen molar-refractivity contribution in [1.29, 1.82) is 0 Å². The van der Waals surface area contributed by atoms with E-state index in [-0.39, 0.29) is 11.3 Å². The van der Waals surface area contributed by atoms with E-state index in [2.05, 4.69) is 42.0 Å². The van der Waals surface area contributed by atoms with Crippen LogP contribution < -0.4 is 14.8 Å². The predicted molar refractivity (Wildman–Crippen MR) is 105 cm³/mol. The number of hydrogen-bond acceptors (Lipinski definition) is 3. The van der Waals surface area contributed by atoms with E-state index >= 15 is 0 Å². The molecule has 2 aromatic carbocycles. The normalized spacial score (nSPS) is 12.4. The summed E-state index contributed by atoms with van der Waals surface area (Å²) in [5.74, 6) is 1.15. The number of anilines is 1. The molecule has 0 radical (unpaired) electrons. The summed E-state index contributed by atoms with van der Waals surface area (Å²) in [6.07, 6.45) is -0.623. The van der Waals surface area contributed by atoms with Crippen LogP contribution >= 0.6 is 15.9 Å². The number of methoxy groups -OCH3 is 1. The molecule has 1 N–H and O–H groups in total. The van der Waals surface area contributed by atoms with Crippen molar-refractivity contribution in [2.24, 2.45) is 0 Å². The molecule has 0 heterocycles. The lowest BCUT2D eigenvalue weighted by molar-refractivity contribution is -0.122. The quantitative estimate of drug-likeness (QED) is 0.746. The molecule has 1 atom stereocenters. The molecule has 0 aromatic heterocycles. The van der Waals surface area contributed by atoms with Gasteiger partial charge in [0.25, 0.3) is 5.91 Å². The third-order valence-electron chi connectivity index (χ3n) is 3.83. The summed E-state index contributed by atoms with van der Waals surface area (Å²) < 4.78 is 11.6. The topological polar surface area (TPSA) is 47.6 Å². The van der Waals surface area contributed by atoms with Crippen LogP contribution in [0.15, 0.2) is 46.9 Å². The van der Waals surface area contributed by atoms with Gasteiger partial charge in [0, 0.05) is 4.47 Å². The molecule has 0 fully saturated rings. The highest BCUT2D eigenvalue weighted by Crippen LogP contribution is 2.30. The first-order valence-electron chi connectivity index (χ1n) is 8.12. The molecule has 0 aliphatic carbocycles. The molecule has 134 valence electrons. The summed E-state index contributed by atoms with van der Waals surface area (Å²) in [6.45, 7) is 8.17. The van der Waals surface area contributed by atoms with Crippen LogP contribution in [0.5, 0.6) is 11.5 Å². The molecule has 0 spiro atoms. The van der Waals surface area contributed by atoms with E-state index in [9.17, 15) is 4.79 Å². The van der Waals surface area contributed by atoms with E-state index < -0.39 is 6.10 Å². The number of halogens is 1. The fourth-order valence-electron chi connectivity index (χ4n) is 2.23. The second-order valence-electron chi connectivity index (χ2n) is 6.87. The van der Waals surface area contributed by atoms with Gasteiger partial charge in [-0.3, -0.25) is 4.79 Å². The maximum Gasteiger partial charge on any atom is 0.265 e. The Bertz CT molecular complexity index is 736. The standard InChI is InChI=1S/C20H24BrNO3/c1-13(25-16-9-7-15(24-5)8-10-16)19(23)22-18-11-6-14(12-17(18)21)20(2,3)4/h6-13H,1-5H3,(H,22,23). The Morgan fingerprint density at radius 3 is 2.20 bits per heavy atom. The zero-order valence-corrected chi connectivity index (χ0v) is 16.8. The summed E-state index contributed by atoms with van der Waals surface area (Å²) in [5, 5.41) is 2.90. The van der Waals surface area contributed by atoms with Crippen LogP contribution in [0.3, 0.4) is 0 Å². The first-order chi connectivity index (χ1) is 11.7. The maximum absolute atomic E-state index is 12.4. The van der Waals surface area contributed by atoms with Crippen molar-refractivity contribution in [3.8, 4) is 11.5 Å². The van der Waals surface area contributed by atoms with Gasteiger partial charge in [0.2, 0.25) is 0 Å². The molecule has 0 bridgehead atoms. The molecule has 4 nitrogen and oxygen atoms in total. The lowest BCUT2D eigenvalue weighted by Crippen LogP contribution is -2.30. The van der Waals surface area contributed by atoms with Crippen molar-refractivity contribution in [2.45, 2.75) is 39.2 Å². The van der Waals surface area contributed by atoms with Crippen molar-refractivity contribution in [2.75, 3.05) is 12.4 Å². The van der Waals surface area contributed by atoms with Gasteiger partial charge in [-0.2, -0.15) is 0 Å². The number of benzene rings is 2. The number of rotatable bonds is 5. The van der Waals surface area contributed by atoms with Crippen LogP contribution in [-0.4, -0.2) is 19.1 Å². The molecule has 1 amide bonds. The Morgan fingerprint density at radius 2 is 1.68 bits per heavy atom. The number of carbonyl (C=O) groups is 1. The maximum atomic E-state index is 12.4. The first kappa shape index (κ1) is 19.3. The number of carbonyl (C=O) groups excluding carboxylic acids is 1. The molecule has 25 heavy (non-hydrogen) atoms. The summed E-state index contributed by atoms with van der Waals surface area (Å²) in [4.78, 5) is 12.4. The van der Waals surface area contributed by atoms with E-state index in [1.807, 2.05) is 18.2 Å². The number of ether oxygens (including phenoxy) is 2. The van der Waals surface area contributed by atoms with Crippen LogP contribution in [0.2, 0.25) is 0 Å². The lowest BCUT2D eigenvalue weighted by Gasteiger charge is -2.21. The summed E-state index contributed by atoms with van der Waals surface area (Å²) in [6, 6.07) is 13.1. The highest BCUT2D eigenvalue weighted by atomic mass is 79.9. The minimum atomic E-state index is -0.623. The van der Waals surface area contributed by atoms with Crippen molar-refractivity contribution >= 4 is 27.5 Å². The van der Waals surface area contributed by atoms with E-state index in [1.54, 1.807) is 38.3 Å². The van der Waals surface area contributed by atoms with Crippen LogP contribution in [0.4, 0.5) is 5.69 Å². The monoisotopic (exact) mass is 405 g/mol. The number of hydrogen-bond donors (Lipinski definition) is 1. The molecule has 0 saturated heterocycles. The molecule has 0 aliphatic heterocycles. The van der Waals surface area contributed by atoms with Crippen LogP contribution in [-0.2, 0) is 10.2 Å². The third-order valence-corrected chi connectivity index (χ3v) is 4.49. The van der Waals surface area contributed by atoms with Gasteiger partial charge in [-0.25, -0.2) is 0 Å². The lowest BCUT2D eigenvalue weighted by atomic mass is 9.87. The average Bonchev–Trinajstić information content (AvgIpc) is 2.56. The Labute approximate surface area is 157 Å². The van der Waals surface area contributed by atoms with Gasteiger partial charge in [-0.15, -0.1) is 0 Å². The SMILES string of the molecule is COc1ccc(OC(C)C(=O)Nc2ccc(C(C)(C)C)cc2Br)cc1. The highest BCUT2D eigenvalue weighted by Gasteiger charge is 2.18. The van der Waals surface area contributed by atoms with Gasteiger partial charge in [0.15, 0.2) is 6.10 Å². The van der Waals surface area contributed by atoms with Crippen molar-refractivity contribution in [1.82, 2.24) is 0 Å². The fourth-order valence-corrected chi connectivity index (χ4v) is 2.71. The van der Waals surface area contributed by atoms with E-state index in [1.165, 1.54) is 5.56 Å². The summed E-state index contributed by atoms with van der Waals surface area (Å²) in [5.41, 5.74) is 1.97.